The van der Waals surface area contributed by atoms with E-state index in [1.165, 1.54) is 32.1 Å². The van der Waals surface area contributed by atoms with E-state index in [4.69, 9.17) is 14.2 Å². The van der Waals surface area contributed by atoms with Gasteiger partial charge in [-0.15, -0.1) is 0 Å². The summed E-state index contributed by atoms with van der Waals surface area (Å²) in [4.78, 5) is 0. The lowest BCUT2D eigenvalue weighted by atomic mass is 9.81. The van der Waals surface area contributed by atoms with Gasteiger partial charge in [0.25, 0.3) is 0 Å². The number of nitrogens with one attached hydrogen (secondary N) is 1. The van der Waals surface area contributed by atoms with Gasteiger partial charge in [-0.1, -0.05) is 19.3 Å². The second-order valence-corrected chi connectivity index (χ2v) is 5.61. The summed E-state index contributed by atoms with van der Waals surface area (Å²) in [6.45, 7) is 0. The highest BCUT2D eigenvalue weighted by molar-refractivity contribution is 5.52. The summed E-state index contributed by atoms with van der Waals surface area (Å²) < 4.78 is 16.4. The van der Waals surface area contributed by atoms with Crippen LogP contribution in [-0.4, -0.2) is 28.4 Å². The van der Waals surface area contributed by atoms with Crippen molar-refractivity contribution in [2.24, 2.45) is 5.92 Å². The van der Waals surface area contributed by atoms with Crippen molar-refractivity contribution in [3.63, 3.8) is 0 Å². The van der Waals surface area contributed by atoms with Gasteiger partial charge < -0.3 is 19.5 Å². The van der Waals surface area contributed by atoms with Crippen molar-refractivity contribution in [3.8, 4) is 17.2 Å². The van der Waals surface area contributed by atoms with E-state index >= 15 is 0 Å². The summed E-state index contributed by atoms with van der Waals surface area (Å²) >= 11 is 0. The molecule has 1 aliphatic carbocycles. The van der Waals surface area contributed by atoms with Crippen LogP contribution in [-0.2, 0) is 0 Å². The number of ether oxygens (including phenoxy) is 3. The van der Waals surface area contributed by atoms with Crippen LogP contribution < -0.4 is 19.5 Å². The van der Waals surface area contributed by atoms with Gasteiger partial charge >= 0.3 is 0 Å². The van der Waals surface area contributed by atoms with Crippen LogP contribution in [0.15, 0.2) is 12.1 Å². The largest absolute Gasteiger partial charge is 0.496 e. The van der Waals surface area contributed by atoms with Gasteiger partial charge in [-0.25, -0.2) is 0 Å². The molecule has 0 aliphatic heterocycles. The molecule has 0 heterocycles. The van der Waals surface area contributed by atoms with Crippen LogP contribution in [0.25, 0.3) is 0 Å². The Kier molecular flexibility index (Phi) is 5.74. The monoisotopic (exact) mass is 293 g/mol. The Morgan fingerprint density at radius 2 is 1.48 bits per heavy atom. The Hall–Kier alpha value is -1.42. The van der Waals surface area contributed by atoms with E-state index in [0.717, 1.165) is 17.1 Å². The van der Waals surface area contributed by atoms with Crippen molar-refractivity contribution in [2.75, 3.05) is 28.4 Å². The zero-order valence-corrected chi connectivity index (χ0v) is 13.6. The second-order valence-electron chi connectivity index (χ2n) is 5.61. The maximum absolute atomic E-state index is 5.59. The fourth-order valence-corrected chi connectivity index (χ4v) is 3.41. The fraction of sp³-hybridized carbons (Fsp3) is 0.647. The average Bonchev–Trinajstić information content (AvgIpc) is 2.56. The quantitative estimate of drug-likeness (QED) is 0.870. The maximum Gasteiger partial charge on any atom is 0.164 e. The van der Waals surface area contributed by atoms with E-state index in [0.29, 0.717) is 17.7 Å². The minimum Gasteiger partial charge on any atom is -0.496 e. The first-order valence-corrected chi connectivity index (χ1v) is 7.72. The highest BCUT2D eigenvalue weighted by atomic mass is 16.5. The Morgan fingerprint density at radius 3 is 2.00 bits per heavy atom. The number of hydrogen-bond acceptors (Lipinski definition) is 4. The van der Waals surface area contributed by atoms with Crippen molar-refractivity contribution in [3.05, 3.63) is 17.7 Å². The summed E-state index contributed by atoms with van der Waals surface area (Å²) in [5.74, 6) is 2.97. The summed E-state index contributed by atoms with van der Waals surface area (Å²) in [5, 5.41) is 3.48. The molecule has 1 N–H and O–H groups in total. The Labute approximate surface area is 127 Å². The fourth-order valence-electron chi connectivity index (χ4n) is 3.41. The SMILES string of the molecule is CNC(c1cc(OC)c(OC)cc1OC)C1CCCCC1. The standard InChI is InChI=1S/C17H27NO3/c1-18-17(12-8-6-5-7-9-12)13-10-15(20-3)16(21-4)11-14(13)19-2/h10-12,17-18H,5-9H2,1-4H3. The molecule has 0 amide bonds. The van der Waals surface area contributed by atoms with Gasteiger partial charge in [0, 0.05) is 17.7 Å². The van der Waals surface area contributed by atoms with E-state index in [2.05, 4.69) is 5.32 Å². The summed E-state index contributed by atoms with van der Waals surface area (Å²) in [6, 6.07) is 4.26. The molecule has 1 aliphatic rings. The van der Waals surface area contributed by atoms with Gasteiger partial charge in [-0.05, 0) is 31.9 Å². The highest BCUT2D eigenvalue weighted by Gasteiger charge is 2.27. The predicted octanol–water partition coefficient (Wildman–Crippen LogP) is 3.55. The molecule has 0 bridgehead atoms. The van der Waals surface area contributed by atoms with E-state index < -0.39 is 0 Å². The molecule has 1 unspecified atom stereocenters. The third-order valence-corrected chi connectivity index (χ3v) is 4.50. The molecule has 118 valence electrons. The van der Waals surface area contributed by atoms with Crippen LogP contribution in [0.4, 0.5) is 0 Å². The summed E-state index contributed by atoms with van der Waals surface area (Å²) in [7, 11) is 7.05. The topological polar surface area (TPSA) is 39.7 Å². The predicted molar refractivity (Wildman–Crippen MR) is 84.5 cm³/mol. The van der Waals surface area contributed by atoms with Gasteiger partial charge in [-0.3, -0.25) is 0 Å². The summed E-state index contributed by atoms with van der Waals surface area (Å²) in [6.07, 6.45) is 6.53. The van der Waals surface area contributed by atoms with E-state index in [1.807, 2.05) is 19.2 Å². The van der Waals surface area contributed by atoms with Crippen LogP contribution in [0.3, 0.4) is 0 Å². The molecule has 1 aromatic rings. The van der Waals surface area contributed by atoms with Crippen LogP contribution in [0.5, 0.6) is 17.2 Å². The van der Waals surface area contributed by atoms with E-state index in [-0.39, 0.29) is 0 Å². The van der Waals surface area contributed by atoms with E-state index in [1.54, 1.807) is 21.3 Å². The number of methoxy groups -OCH3 is 3. The van der Waals surface area contributed by atoms with Crippen molar-refractivity contribution >= 4 is 0 Å². The maximum atomic E-state index is 5.59. The number of benzene rings is 1. The number of hydrogen-bond donors (Lipinski definition) is 1. The molecular weight excluding hydrogens is 266 g/mol. The van der Waals surface area contributed by atoms with Crippen molar-refractivity contribution in [2.45, 2.75) is 38.1 Å². The zero-order valence-electron chi connectivity index (χ0n) is 13.6. The molecule has 0 aromatic heterocycles. The first-order chi connectivity index (χ1) is 10.2. The van der Waals surface area contributed by atoms with E-state index in [9.17, 15) is 0 Å². The Morgan fingerprint density at radius 1 is 0.905 bits per heavy atom. The third-order valence-electron chi connectivity index (χ3n) is 4.50. The van der Waals surface area contributed by atoms with Crippen LogP contribution in [0, 0.1) is 5.92 Å². The van der Waals surface area contributed by atoms with Gasteiger partial charge in [-0.2, -0.15) is 0 Å². The van der Waals surface area contributed by atoms with Crippen molar-refractivity contribution < 1.29 is 14.2 Å². The Bertz CT molecular complexity index is 456. The first kappa shape index (κ1) is 16.0. The lowest BCUT2D eigenvalue weighted by Gasteiger charge is -2.31. The normalized spacial score (nSPS) is 17.3. The molecule has 0 saturated heterocycles. The smallest absolute Gasteiger partial charge is 0.164 e. The minimum atomic E-state index is 0.292. The first-order valence-electron chi connectivity index (χ1n) is 7.72. The molecule has 1 saturated carbocycles. The Balaban J connectivity index is 2.38. The zero-order chi connectivity index (χ0) is 15.2. The summed E-state index contributed by atoms with van der Waals surface area (Å²) in [5.41, 5.74) is 1.16. The molecule has 4 heteroatoms. The van der Waals surface area contributed by atoms with Crippen LogP contribution >= 0.6 is 0 Å². The molecule has 2 rings (SSSR count). The van der Waals surface area contributed by atoms with Gasteiger partial charge in [0.15, 0.2) is 11.5 Å². The molecule has 0 spiro atoms. The molecule has 21 heavy (non-hydrogen) atoms. The van der Waals surface area contributed by atoms with Crippen molar-refractivity contribution in [1.29, 1.82) is 0 Å². The average molecular weight is 293 g/mol. The van der Waals surface area contributed by atoms with Crippen LogP contribution in [0.1, 0.15) is 43.7 Å². The molecule has 1 atom stereocenters. The molecule has 4 nitrogen and oxygen atoms in total. The lowest BCUT2D eigenvalue weighted by Crippen LogP contribution is -2.27. The van der Waals surface area contributed by atoms with Crippen molar-refractivity contribution in [1.82, 2.24) is 5.32 Å². The molecule has 1 fully saturated rings. The third kappa shape index (κ3) is 3.43. The second kappa shape index (κ2) is 7.55. The molecular formula is C17H27NO3. The molecule has 0 radical (unpaired) electrons. The van der Waals surface area contributed by atoms with Gasteiger partial charge in [0.1, 0.15) is 5.75 Å². The highest BCUT2D eigenvalue weighted by Crippen LogP contribution is 2.42. The minimum absolute atomic E-state index is 0.292. The van der Waals surface area contributed by atoms with Crippen LogP contribution in [0.2, 0.25) is 0 Å². The van der Waals surface area contributed by atoms with Gasteiger partial charge in [0.2, 0.25) is 0 Å². The lowest BCUT2D eigenvalue weighted by molar-refractivity contribution is 0.273. The van der Waals surface area contributed by atoms with Gasteiger partial charge in [0.05, 0.1) is 21.3 Å². The molecule has 1 aromatic carbocycles. The number of rotatable bonds is 6.